The molecule has 0 aliphatic heterocycles. The van der Waals surface area contributed by atoms with Gasteiger partial charge in [0.15, 0.2) is 0 Å². The molecule has 0 amide bonds. The summed E-state index contributed by atoms with van der Waals surface area (Å²) in [5, 5.41) is 17.3. The topological polar surface area (TPSA) is 74.6 Å². The maximum Gasteiger partial charge on any atom is 0.332 e. The second-order valence-electron chi connectivity index (χ2n) is 2.77. The molecule has 0 aliphatic rings. The molecule has 0 saturated heterocycles. The standard InChI is InChI=1S/C8H12O4/c1-4-8(3,7(11)12)5(2)6(9)10/h2,4H2,1,3H3,(H,9,10)(H,11,12). The van der Waals surface area contributed by atoms with Crippen LogP contribution < -0.4 is 0 Å². The average Bonchev–Trinajstić information content (AvgIpc) is 2.01. The Morgan fingerprint density at radius 1 is 1.42 bits per heavy atom. The normalized spacial score (nSPS) is 14.8. The van der Waals surface area contributed by atoms with Crippen molar-refractivity contribution in [2.45, 2.75) is 20.3 Å². The fourth-order valence-electron chi connectivity index (χ4n) is 0.730. The minimum absolute atomic E-state index is 0.216. The smallest absolute Gasteiger partial charge is 0.332 e. The van der Waals surface area contributed by atoms with Gasteiger partial charge in [0.2, 0.25) is 0 Å². The van der Waals surface area contributed by atoms with Crippen molar-refractivity contribution >= 4 is 11.9 Å². The molecule has 2 N–H and O–H groups in total. The summed E-state index contributed by atoms with van der Waals surface area (Å²) in [5.41, 5.74) is -1.64. The van der Waals surface area contributed by atoms with Gasteiger partial charge in [-0.2, -0.15) is 0 Å². The van der Waals surface area contributed by atoms with Gasteiger partial charge in [-0.1, -0.05) is 13.5 Å². The van der Waals surface area contributed by atoms with Gasteiger partial charge in [-0.3, -0.25) is 4.79 Å². The number of aliphatic carboxylic acids is 2. The summed E-state index contributed by atoms with van der Waals surface area (Å²) in [4.78, 5) is 21.1. The fraction of sp³-hybridized carbons (Fsp3) is 0.500. The lowest BCUT2D eigenvalue weighted by molar-refractivity contribution is -0.149. The summed E-state index contributed by atoms with van der Waals surface area (Å²) in [7, 11) is 0. The van der Waals surface area contributed by atoms with Crippen molar-refractivity contribution in [3.63, 3.8) is 0 Å². The molecule has 0 aromatic heterocycles. The van der Waals surface area contributed by atoms with Crippen molar-refractivity contribution in [3.05, 3.63) is 12.2 Å². The average molecular weight is 172 g/mol. The molecule has 4 nitrogen and oxygen atoms in total. The van der Waals surface area contributed by atoms with E-state index < -0.39 is 17.4 Å². The maximum absolute atomic E-state index is 10.7. The molecule has 12 heavy (non-hydrogen) atoms. The van der Waals surface area contributed by atoms with Gasteiger partial charge in [0.25, 0.3) is 0 Å². The zero-order valence-corrected chi connectivity index (χ0v) is 7.13. The number of hydrogen-bond donors (Lipinski definition) is 2. The minimum Gasteiger partial charge on any atom is -0.481 e. The van der Waals surface area contributed by atoms with Gasteiger partial charge in [0.1, 0.15) is 0 Å². The first-order chi connectivity index (χ1) is 5.36. The molecule has 0 saturated carbocycles. The lowest BCUT2D eigenvalue weighted by atomic mass is 9.80. The highest BCUT2D eigenvalue weighted by atomic mass is 16.4. The first-order valence-corrected chi connectivity index (χ1v) is 3.52. The SMILES string of the molecule is C=C(C(=O)O)C(C)(CC)C(=O)O. The Morgan fingerprint density at radius 2 is 1.83 bits per heavy atom. The van der Waals surface area contributed by atoms with Crippen molar-refractivity contribution in [2.24, 2.45) is 5.41 Å². The van der Waals surface area contributed by atoms with Gasteiger partial charge >= 0.3 is 11.9 Å². The van der Waals surface area contributed by atoms with E-state index in [0.717, 1.165) is 0 Å². The number of carboxylic acid groups (broad SMARTS) is 2. The third-order valence-corrected chi connectivity index (χ3v) is 2.10. The van der Waals surface area contributed by atoms with E-state index in [1.54, 1.807) is 6.92 Å². The molecule has 0 rings (SSSR count). The van der Waals surface area contributed by atoms with Crippen molar-refractivity contribution in [3.8, 4) is 0 Å². The second-order valence-corrected chi connectivity index (χ2v) is 2.77. The van der Waals surface area contributed by atoms with Crippen molar-refractivity contribution in [2.75, 3.05) is 0 Å². The van der Waals surface area contributed by atoms with Crippen LogP contribution in [0.2, 0.25) is 0 Å². The van der Waals surface area contributed by atoms with Crippen LogP contribution in [0.3, 0.4) is 0 Å². The molecule has 0 fully saturated rings. The third kappa shape index (κ3) is 1.64. The van der Waals surface area contributed by atoms with Crippen molar-refractivity contribution in [1.82, 2.24) is 0 Å². The Balaban J connectivity index is 4.89. The molecule has 68 valence electrons. The molecule has 0 spiro atoms. The monoisotopic (exact) mass is 172 g/mol. The summed E-state index contributed by atoms with van der Waals surface area (Å²) >= 11 is 0. The molecular weight excluding hydrogens is 160 g/mol. The van der Waals surface area contributed by atoms with Gasteiger partial charge in [0.05, 0.1) is 5.41 Å². The van der Waals surface area contributed by atoms with Crippen LogP contribution in [0.15, 0.2) is 12.2 Å². The number of hydrogen-bond acceptors (Lipinski definition) is 2. The van der Waals surface area contributed by atoms with Crippen LogP contribution in [-0.4, -0.2) is 22.2 Å². The predicted molar refractivity (Wildman–Crippen MR) is 42.8 cm³/mol. The summed E-state index contributed by atoms with van der Waals surface area (Å²) in [6.07, 6.45) is 0.216. The maximum atomic E-state index is 10.7. The molecule has 0 heterocycles. The van der Waals surface area contributed by atoms with Crippen LogP contribution in [0, 0.1) is 5.41 Å². The number of carboxylic acids is 2. The first kappa shape index (κ1) is 10.7. The molecule has 0 aromatic carbocycles. The molecule has 0 bridgehead atoms. The van der Waals surface area contributed by atoms with Gasteiger partial charge in [-0.05, 0) is 13.3 Å². The van der Waals surface area contributed by atoms with E-state index in [-0.39, 0.29) is 12.0 Å². The summed E-state index contributed by atoms with van der Waals surface area (Å²) in [6, 6.07) is 0. The Hall–Kier alpha value is -1.32. The Bertz CT molecular complexity index is 231. The Labute approximate surface area is 70.5 Å². The van der Waals surface area contributed by atoms with Crippen LogP contribution in [0.4, 0.5) is 0 Å². The molecule has 4 heteroatoms. The molecule has 0 aliphatic carbocycles. The zero-order valence-electron chi connectivity index (χ0n) is 7.13. The largest absolute Gasteiger partial charge is 0.481 e. The van der Waals surface area contributed by atoms with Crippen molar-refractivity contribution < 1.29 is 19.8 Å². The van der Waals surface area contributed by atoms with E-state index >= 15 is 0 Å². The highest BCUT2D eigenvalue weighted by Gasteiger charge is 2.37. The van der Waals surface area contributed by atoms with Crippen molar-refractivity contribution in [1.29, 1.82) is 0 Å². The lowest BCUT2D eigenvalue weighted by Gasteiger charge is -2.22. The lowest BCUT2D eigenvalue weighted by Crippen LogP contribution is -2.32. The Kier molecular flexibility index (Phi) is 3.01. The van der Waals surface area contributed by atoms with E-state index in [9.17, 15) is 9.59 Å². The minimum atomic E-state index is -1.36. The highest BCUT2D eigenvalue weighted by molar-refractivity contribution is 5.95. The predicted octanol–water partition coefficient (Wildman–Crippen LogP) is 1.13. The summed E-state index contributed by atoms with van der Waals surface area (Å²) in [6.45, 7) is 6.20. The Morgan fingerprint density at radius 3 is 1.92 bits per heavy atom. The molecule has 0 radical (unpaired) electrons. The fourth-order valence-corrected chi connectivity index (χ4v) is 0.730. The van der Waals surface area contributed by atoms with E-state index in [2.05, 4.69) is 6.58 Å². The van der Waals surface area contributed by atoms with Crippen LogP contribution in [-0.2, 0) is 9.59 Å². The van der Waals surface area contributed by atoms with Crippen LogP contribution in [0.1, 0.15) is 20.3 Å². The van der Waals surface area contributed by atoms with E-state index in [0.29, 0.717) is 0 Å². The van der Waals surface area contributed by atoms with Gasteiger partial charge in [-0.25, -0.2) is 4.79 Å². The second kappa shape index (κ2) is 3.38. The first-order valence-electron chi connectivity index (χ1n) is 3.52. The third-order valence-electron chi connectivity index (χ3n) is 2.10. The summed E-state index contributed by atoms with van der Waals surface area (Å²) in [5.74, 6) is -2.42. The number of rotatable bonds is 4. The molecule has 1 atom stereocenters. The van der Waals surface area contributed by atoms with E-state index in [1.165, 1.54) is 6.92 Å². The van der Waals surface area contributed by atoms with Crippen LogP contribution in [0.5, 0.6) is 0 Å². The quantitative estimate of drug-likeness (QED) is 0.623. The number of carbonyl (C=O) groups is 2. The summed E-state index contributed by atoms with van der Waals surface area (Å²) < 4.78 is 0. The molecule has 0 aromatic rings. The van der Waals surface area contributed by atoms with Crippen LogP contribution >= 0.6 is 0 Å². The molecule has 1 unspecified atom stereocenters. The van der Waals surface area contributed by atoms with Gasteiger partial charge < -0.3 is 10.2 Å². The van der Waals surface area contributed by atoms with Gasteiger partial charge in [0, 0.05) is 5.57 Å². The van der Waals surface area contributed by atoms with E-state index in [4.69, 9.17) is 10.2 Å². The zero-order chi connectivity index (χ0) is 9.94. The highest BCUT2D eigenvalue weighted by Crippen LogP contribution is 2.29. The molecular formula is C8H12O4. The van der Waals surface area contributed by atoms with Gasteiger partial charge in [-0.15, -0.1) is 0 Å². The van der Waals surface area contributed by atoms with Crippen LogP contribution in [0.25, 0.3) is 0 Å². The van der Waals surface area contributed by atoms with E-state index in [1.807, 2.05) is 0 Å².